The third-order valence-corrected chi connectivity index (χ3v) is 2.84. The van der Waals surface area contributed by atoms with Crippen LogP contribution in [0.25, 0.3) is 0 Å². The molecule has 2 rings (SSSR count). The van der Waals surface area contributed by atoms with Gasteiger partial charge in [-0.25, -0.2) is 9.37 Å². The number of halogens is 1. The smallest absolute Gasteiger partial charge is 0.165 e. The molecule has 18 heavy (non-hydrogen) atoms. The summed E-state index contributed by atoms with van der Waals surface area (Å²) in [5.74, 6) is -0.221. The molecule has 0 amide bonds. The van der Waals surface area contributed by atoms with Gasteiger partial charge >= 0.3 is 0 Å². The van der Waals surface area contributed by atoms with Crippen molar-refractivity contribution in [3.63, 3.8) is 0 Å². The second-order valence-electron chi connectivity index (χ2n) is 4.12. The number of nitrogens with zero attached hydrogens (tertiary/aromatic N) is 2. The average Bonchev–Trinajstić information content (AvgIpc) is 2.76. The molecule has 0 bridgehead atoms. The molecule has 0 saturated carbocycles. The van der Waals surface area contributed by atoms with Gasteiger partial charge in [0.1, 0.15) is 0 Å². The summed E-state index contributed by atoms with van der Waals surface area (Å²) in [5, 5.41) is 10.0. The summed E-state index contributed by atoms with van der Waals surface area (Å²) >= 11 is 0. The van der Waals surface area contributed by atoms with E-state index in [1.165, 1.54) is 13.2 Å². The number of aliphatic hydroxyl groups excluding tert-OH is 1. The minimum absolute atomic E-state index is 0.203. The van der Waals surface area contributed by atoms with Crippen molar-refractivity contribution in [3.8, 4) is 5.75 Å². The Labute approximate surface area is 105 Å². The van der Waals surface area contributed by atoms with E-state index in [0.717, 1.165) is 0 Å². The van der Waals surface area contributed by atoms with Crippen LogP contribution in [0.2, 0.25) is 0 Å². The number of benzene rings is 1. The van der Waals surface area contributed by atoms with E-state index in [4.69, 9.17) is 4.74 Å². The molecule has 5 heteroatoms. The second-order valence-corrected chi connectivity index (χ2v) is 4.12. The van der Waals surface area contributed by atoms with Gasteiger partial charge in [-0.05, 0) is 17.7 Å². The summed E-state index contributed by atoms with van der Waals surface area (Å²) < 4.78 is 20.1. The zero-order valence-corrected chi connectivity index (χ0v) is 10.3. The van der Waals surface area contributed by atoms with Gasteiger partial charge in [-0.15, -0.1) is 0 Å². The maximum absolute atomic E-state index is 13.5. The van der Waals surface area contributed by atoms with Gasteiger partial charge in [-0.2, -0.15) is 0 Å². The van der Waals surface area contributed by atoms with Crippen molar-refractivity contribution in [3.05, 3.63) is 47.8 Å². The van der Waals surface area contributed by atoms with Crippen molar-refractivity contribution in [2.75, 3.05) is 7.11 Å². The van der Waals surface area contributed by atoms with E-state index in [0.29, 0.717) is 17.7 Å². The molecule has 0 aliphatic heterocycles. The number of rotatable bonds is 4. The van der Waals surface area contributed by atoms with E-state index < -0.39 is 11.9 Å². The van der Waals surface area contributed by atoms with Gasteiger partial charge in [0.15, 0.2) is 11.6 Å². The minimum Gasteiger partial charge on any atom is -0.494 e. The first-order chi connectivity index (χ1) is 8.61. The maximum atomic E-state index is 13.5. The quantitative estimate of drug-likeness (QED) is 0.900. The lowest BCUT2D eigenvalue weighted by molar-refractivity contribution is 0.170. The lowest BCUT2D eigenvalue weighted by Gasteiger charge is -2.12. The van der Waals surface area contributed by atoms with Crippen LogP contribution in [-0.4, -0.2) is 21.8 Å². The first-order valence-electron chi connectivity index (χ1n) is 5.58. The van der Waals surface area contributed by atoms with E-state index in [9.17, 15) is 9.50 Å². The summed E-state index contributed by atoms with van der Waals surface area (Å²) in [6.45, 7) is 0. The third-order valence-electron chi connectivity index (χ3n) is 2.84. The van der Waals surface area contributed by atoms with Crippen molar-refractivity contribution in [1.82, 2.24) is 9.55 Å². The highest BCUT2D eigenvalue weighted by molar-refractivity contribution is 5.30. The first kappa shape index (κ1) is 12.6. The molecular formula is C13H15FN2O2. The Morgan fingerprint density at radius 3 is 2.83 bits per heavy atom. The monoisotopic (exact) mass is 250 g/mol. The number of imidazole rings is 1. The minimum atomic E-state index is -0.703. The summed E-state index contributed by atoms with van der Waals surface area (Å²) in [6, 6.07) is 4.67. The zero-order valence-electron chi connectivity index (χ0n) is 10.3. The van der Waals surface area contributed by atoms with E-state index in [2.05, 4.69) is 4.98 Å². The molecule has 0 radical (unpaired) electrons. The van der Waals surface area contributed by atoms with Crippen molar-refractivity contribution in [1.29, 1.82) is 0 Å². The fraction of sp³-hybridized carbons (Fsp3) is 0.308. The van der Waals surface area contributed by atoms with Gasteiger partial charge in [-0.1, -0.05) is 6.07 Å². The summed E-state index contributed by atoms with van der Waals surface area (Å²) in [7, 11) is 3.22. The number of methoxy groups -OCH3 is 1. The third kappa shape index (κ3) is 2.51. The van der Waals surface area contributed by atoms with E-state index >= 15 is 0 Å². The number of ether oxygens (including phenoxy) is 1. The number of hydrogen-bond acceptors (Lipinski definition) is 3. The van der Waals surface area contributed by atoms with E-state index in [-0.39, 0.29) is 5.75 Å². The first-order valence-corrected chi connectivity index (χ1v) is 5.58. The van der Waals surface area contributed by atoms with Crippen LogP contribution in [0.4, 0.5) is 4.39 Å². The predicted octanol–water partition coefficient (Wildman–Crippen LogP) is 1.84. The summed E-state index contributed by atoms with van der Waals surface area (Å²) in [4.78, 5) is 3.94. The predicted molar refractivity (Wildman–Crippen MR) is 64.8 cm³/mol. The number of hydrogen-bond donors (Lipinski definition) is 1. The summed E-state index contributed by atoms with van der Waals surface area (Å²) in [6.07, 6.45) is 2.85. The summed E-state index contributed by atoms with van der Waals surface area (Å²) in [5.41, 5.74) is 1.41. The Balaban J connectivity index is 2.15. The van der Waals surface area contributed by atoms with Gasteiger partial charge in [0.2, 0.25) is 0 Å². The molecule has 4 nitrogen and oxygen atoms in total. The molecule has 1 atom stereocenters. The van der Waals surface area contributed by atoms with Crippen LogP contribution in [0.3, 0.4) is 0 Å². The van der Waals surface area contributed by atoms with Crippen molar-refractivity contribution in [2.45, 2.75) is 12.5 Å². The van der Waals surface area contributed by atoms with Gasteiger partial charge in [-0.3, -0.25) is 0 Å². The molecule has 0 fully saturated rings. The van der Waals surface area contributed by atoms with Crippen LogP contribution in [-0.2, 0) is 13.5 Å². The normalized spacial score (nSPS) is 12.4. The van der Waals surface area contributed by atoms with Crippen molar-refractivity contribution >= 4 is 0 Å². The number of aromatic nitrogens is 2. The molecular weight excluding hydrogens is 235 g/mol. The molecule has 2 aromatic rings. The van der Waals surface area contributed by atoms with E-state index in [1.807, 2.05) is 0 Å². The van der Waals surface area contributed by atoms with E-state index in [1.54, 1.807) is 36.3 Å². The van der Waals surface area contributed by atoms with Crippen molar-refractivity contribution in [2.24, 2.45) is 7.05 Å². The second kappa shape index (κ2) is 5.18. The fourth-order valence-corrected chi connectivity index (χ4v) is 1.85. The molecule has 1 heterocycles. The molecule has 96 valence electrons. The number of aryl methyl sites for hydroxylation is 1. The fourth-order valence-electron chi connectivity index (χ4n) is 1.85. The number of aliphatic hydroxyl groups is 1. The molecule has 0 spiro atoms. The molecule has 1 aromatic carbocycles. The highest BCUT2D eigenvalue weighted by Crippen LogP contribution is 2.22. The van der Waals surface area contributed by atoms with Crippen LogP contribution in [0.15, 0.2) is 30.7 Å². The van der Waals surface area contributed by atoms with Crippen molar-refractivity contribution < 1.29 is 14.2 Å². The lowest BCUT2D eigenvalue weighted by atomic mass is 10.1. The highest BCUT2D eigenvalue weighted by atomic mass is 19.1. The standard InChI is InChI=1S/C13H15FN2O2/c1-16-8-15-7-11(16)12(17)6-9-3-4-13(18-2)10(14)5-9/h3-5,7-8,12,17H,6H2,1-2H3. The molecule has 0 saturated heterocycles. The largest absolute Gasteiger partial charge is 0.494 e. The lowest BCUT2D eigenvalue weighted by Crippen LogP contribution is -2.06. The molecule has 1 aromatic heterocycles. The molecule has 0 aliphatic carbocycles. The van der Waals surface area contributed by atoms with Crippen LogP contribution in [0.1, 0.15) is 17.4 Å². The topological polar surface area (TPSA) is 47.3 Å². The van der Waals surface area contributed by atoms with Crippen LogP contribution < -0.4 is 4.74 Å². The van der Waals surface area contributed by atoms with Gasteiger partial charge < -0.3 is 14.4 Å². The van der Waals surface area contributed by atoms with Gasteiger partial charge in [0, 0.05) is 13.5 Å². The van der Waals surface area contributed by atoms with Crippen LogP contribution >= 0.6 is 0 Å². The van der Waals surface area contributed by atoms with Crippen LogP contribution in [0.5, 0.6) is 5.75 Å². The molecule has 1 unspecified atom stereocenters. The van der Waals surface area contributed by atoms with Gasteiger partial charge in [0.25, 0.3) is 0 Å². The van der Waals surface area contributed by atoms with Crippen LogP contribution in [0, 0.1) is 5.82 Å². The average molecular weight is 250 g/mol. The highest BCUT2D eigenvalue weighted by Gasteiger charge is 2.13. The SMILES string of the molecule is COc1ccc(CC(O)c2cncn2C)cc1F. The molecule has 0 aliphatic rings. The molecule has 1 N–H and O–H groups in total. The Morgan fingerprint density at radius 2 is 2.28 bits per heavy atom. The zero-order chi connectivity index (χ0) is 13.1. The Kier molecular flexibility index (Phi) is 3.62. The Morgan fingerprint density at radius 1 is 1.50 bits per heavy atom. The van der Waals surface area contributed by atoms with Gasteiger partial charge in [0.05, 0.1) is 31.4 Å². The Bertz CT molecular complexity index is 540. The Hall–Kier alpha value is -1.88. The maximum Gasteiger partial charge on any atom is 0.165 e.